The number of carbonyl (C=O) groups is 3. The fourth-order valence-corrected chi connectivity index (χ4v) is 3.26. The monoisotopic (exact) mass is 326 g/mol. The van der Waals surface area contributed by atoms with E-state index in [4.69, 9.17) is 0 Å². The fraction of sp³-hybridized carbons (Fsp3) is 0.0455. The molecule has 0 N–H and O–H groups in total. The lowest BCUT2D eigenvalue weighted by Crippen LogP contribution is -2.23. The van der Waals surface area contributed by atoms with Crippen LogP contribution < -0.4 is 0 Å². The summed E-state index contributed by atoms with van der Waals surface area (Å²) in [5.74, 6) is -0.436. The van der Waals surface area contributed by atoms with Gasteiger partial charge in [-0.3, -0.25) is 14.4 Å². The number of fused-ring (bicyclic) bond motifs is 2. The van der Waals surface area contributed by atoms with Crippen LogP contribution in [0.5, 0.6) is 0 Å². The Hall–Kier alpha value is -3.33. The van der Waals surface area contributed by atoms with E-state index in [0.717, 1.165) is 0 Å². The molecule has 0 aliphatic heterocycles. The summed E-state index contributed by atoms with van der Waals surface area (Å²) in [5.41, 5.74) is 2.75. The third kappa shape index (κ3) is 2.50. The minimum Gasteiger partial charge on any atom is -0.294 e. The Kier molecular flexibility index (Phi) is 3.62. The summed E-state index contributed by atoms with van der Waals surface area (Å²) in [7, 11) is 0. The van der Waals surface area contributed by atoms with Gasteiger partial charge >= 0.3 is 0 Å². The van der Waals surface area contributed by atoms with Crippen molar-refractivity contribution in [3.63, 3.8) is 0 Å². The highest BCUT2D eigenvalue weighted by molar-refractivity contribution is 6.29. The second-order valence-electron chi connectivity index (χ2n) is 6.01. The molecule has 0 amide bonds. The van der Waals surface area contributed by atoms with E-state index in [-0.39, 0.29) is 23.8 Å². The topological polar surface area (TPSA) is 51.2 Å². The minimum atomic E-state index is -0.193. The van der Waals surface area contributed by atoms with Crippen LogP contribution in [0.3, 0.4) is 0 Å². The molecule has 0 radical (unpaired) electrons. The van der Waals surface area contributed by atoms with Crippen molar-refractivity contribution in [1.29, 1.82) is 0 Å². The molecule has 1 aliphatic carbocycles. The second kappa shape index (κ2) is 5.95. The largest absolute Gasteiger partial charge is 0.294 e. The molecule has 0 saturated heterocycles. The Bertz CT molecular complexity index is 1020. The number of hydrogen-bond acceptors (Lipinski definition) is 3. The van der Waals surface area contributed by atoms with E-state index in [1.807, 2.05) is 6.07 Å². The Morgan fingerprint density at radius 1 is 0.640 bits per heavy atom. The van der Waals surface area contributed by atoms with Crippen LogP contribution in [-0.4, -0.2) is 17.3 Å². The maximum atomic E-state index is 12.9. The third-order valence-corrected chi connectivity index (χ3v) is 4.49. The van der Waals surface area contributed by atoms with Gasteiger partial charge in [-0.2, -0.15) is 0 Å². The van der Waals surface area contributed by atoms with Gasteiger partial charge in [0.25, 0.3) is 0 Å². The zero-order valence-corrected chi connectivity index (χ0v) is 13.4. The summed E-state index contributed by atoms with van der Waals surface area (Å²) in [5, 5.41) is 0. The van der Waals surface area contributed by atoms with Crippen LogP contribution in [0.2, 0.25) is 0 Å². The first kappa shape index (κ1) is 15.2. The highest BCUT2D eigenvalue weighted by Gasteiger charge is 2.31. The van der Waals surface area contributed by atoms with Crippen molar-refractivity contribution in [2.75, 3.05) is 0 Å². The lowest BCUT2D eigenvalue weighted by molar-refractivity contribution is 0.0972. The molecule has 3 aromatic rings. The van der Waals surface area contributed by atoms with Crippen LogP contribution in [0.4, 0.5) is 0 Å². The van der Waals surface area contributed by atoms with Crippen molar-refractivity contribution in [2.45, 2.75) is 6.42 Å². The summed E-state index contributed by atoms with van der Waals surface area (Å²) >= 11 is 0. The lowest BCUT2D eigenvalue weighted by Gasteiger charge is -2.19. The Labute approximate surface area is 144 Å². The molecule has 0 heterocycles. The third-order valence-electron chi connectivity index (χ3n) is 4.49. The van der Waals surface area contributed by atoms with Gasteiger partial charge in [-0.05, 0) is 5.56 Å². The van der Waals surface area contributed by atoms with Crippen molar-refractivity contribution in [3.8, 4) is 0 Å². The molecule has 1 aliphatic rings. The molecular weight excluding hydrogens is 312 g/mol. The van der Waals surface area contributed by atoms with Crippen molar-refractivity contribution >= 4 is 17.3 Å². The van der Waals surface area contributed by atoms with Gasteiger partial charge in [-0.15, -0.1) is 0 Å². The van der Waals surface area contributed by atoms with E-state index in [1.54, 1.807) is 66.7 Å². The summed E-state index contributed by atoms with van der Waals surface area (Å²) in [6.45, 7) is 0. The summed E-state index contributed by atoms with van der Waals surface area (Å²) in [6.07, 6.45) is 0.0916. The second-order valence-corrected chi connectivity index (χ2v) is 6.01. The fourth-order valence-electron chi connectivity index (χ4n) is 3.26. The average Bonchev–Trinajstić information content (AvgIpc) is 2.66. The van der Waals surface area contributed by atoms with E-state index >= 15 is 0 Å². The predicted molar refractivity (Wildman–Crippen MR) is 94.2 cm³/mol. The molecule has 0 unspecified atom stereocenters. The summed E-state index contributed by atoms with van der Waals surface area (Å²) < 4.78 is 0. The van der Waals surface area contributed by atoms with Gasteiger partial charge < -0.3 is 0 Å². The first-order valence-corrected chi connectivity index (χ1v) is 8.05. The molecule has 0 atom stereocenters. The Morgan fingerprint density at radius 2 is 1.24 bits per heavy atom. The predicted octanol–water partition coefficient (Wildman–Crippen LogP) is 3.89. The van der Waals surface area contributed by atoms with Crippen molar-refractivity contribution in [2.24, 2.45) is 0 Å². The molecule has 120 valence electrons. The summed E-state index contributed by atoms with van der Waals surface area (Å²) in [4.78, 5) is 38.2. The van der Waals surface area contributed by atoms with Gasteiger partial charge in [-0.1, -0.05) is 72.8 Å². The smallest absolute Gasteiger partial charge is 0.194 e. The molecule has 0 aromatic heterocycles. The average molecular weight is 326 g/mol. The van der Waals surface area contributed by atoms with Crippen LogP contribution in [0.1, 0.15) is 47.8 Å². The van der Waals surface area contributed by atoms with Gasteiger partial charge in [0, 0.05) is 34.2 Å². The van der Waals surface area contributed by atoms with E-state index in [2.05, 4.69) is 0 Å². The molecule has 0 spiro atoms. The number of carbonyl (C=O) groups excluding carboxylic acids is 3. The first-order valence-electron chi connectivity index (χ1n) is 8.05. The highest BCUT2D eigenvalue weighted by Crippen LogP contribution is 2.30. The van der Waals surface area contributed by atoms with Gasteiger partial charge in [0.15, 0.2) is 17.3 Å². The van der Waals surface area contributed by atoms with E-state index in [1.165, 1.54) is 0 Å². The van der Waals surface area contributed by atoms with Crippen LogP contribution in [-0.2, 0) is 6.42 Å². The number of ketones is 3. The quantitative estimate of drug-likeness (QED) is 0.537. The van der Waals surface area contributed by atoms with E-state index < -0.39 is 0 Å². The van der Waals surface area contributed by atoms with Gasteiger partial charge in [0.1, 0.15) is 0 Å². The van der Waals surface area contributed by atoms with Gasteiger partial charge in [0.05, 0.1) is 0 Å². The zero-order chi connectivity index (χ0) is 17.4. The zero-order valence-electron chi connectivity index (χ0n) is 13.4. The number of Topliss-reactive ketones (excluding diaryl/α,β-unsaturated/α-hetero) is 1. The van der Waals surface area contributed by atoms with Crippen LogP contribution >= 0.6 is 0 Å². The Balaban J connectivity index is 1.79. The molecule has 3 heteroatoms. The molecule has 0 fully saturated rings. The normalized spacial score (nSPS) is 12.5. The number of hydrogen-bond donors (Lipinski definition) is 0. The van der Waals surface area contributed by atoms with Crippen molar-refractivity contribution in [3.05, 3.63) is 106 Å². The van der Waals surface area contributed by atoms with Crippen LogP contribution in [0.25, 0.3) is 0 Å². The first-order chi connectivity index (χ1) is 12.2. The molecule has 3 aromatic carbocycles. The SMILES string of the molecule is O=C(Cc1cccc2c1C(=O)c1ccccc1C2=O)c1ccccc1. The number of rotatable bonds is 3. The van der Waals surface area contributed by atoms with E-state index in [0.29, 0.717) is 33.4 Å². The van der Waals surface area contributed by atoms with Gasteiger partial charge in [-0.25, -0.2) is 0 Å². The minimum absolute atomic E-state index is 0.0758. The highest BCUT2D eigenvalue weighted by atomic mass is 16.1. The van der Waals surface area contributed by atoms with Gasteiger partial charge in [0.2, 0.25) is 0 Å². The molecular formula is C22H14O3. The maximum Gasteiger partial charge on any atom is 0.194 e. The maximum absolute atomic E-state index is 12.9. The van der Waals surface area contributed by atoms with E-state index in [9.17, 15) is 14.4 Å². The van der Waals surface area contributed by atoms with Crippen LogP contribution in [0.15, 0.2) is 72.8 Å². The summed E-state index contributed by atoms with van der Waals surface area (Å²) in [6, 6.07) is 20.9. The van der Waals surface area contributed by atoms with Crippen molar-refractivity contribution in [1.82, 2.24) is 0 Å². The standard InChI is InChI=1S/C22H14O3/c23-19(14-7-2-1-3-8-14)13-15-9-6-12-18-20(15)22(25)17-11-5-4-10-16(17)21(18)24/h1-12H,13H2. The lowest BCUT2D eigenvalue weighted by atomic mass is 9.81. The molecule has 0 bridgehead atoms. The molecule has 0 saturated carbocycles. The molecule has 25 heavy (non-hydrogen) atoms. The number of benzene rings is 3. The molecule has 3 nitrogen and oxygen atoms in total. The van der Waals surface area contributed by atoms with Crippen molar-refractivity contribution < 1.29 is 14.4 Å². The molecule has 4 rings (SSSR count). The van der Waals surface area contributed by atoms with Crippen LogP contribution in [0, 0.1) is 0 Å². The Morgan fingerprint density at radius 3 is 1.96 bits per heavy atom.